The maximum Gasteiger partial charge on any atom is 0.0998 e. The standard InChI is InChI=1S/C59H55N3S2/c1-3-45(61-46-30-14-18-34-50(46)63-51-35-19-15-31-47(51)61)58-56(43-28-12-10-22-39(43)2)54(40-23-6-4-7-24-40)59(62-48-32-16-20-36-52(48)64-53-37-21-17-33-49(53)62)55(41-25-8-5-9-26-41)57(58)44-29-13-11-27-42(44)38-60/h10-22,27-37,40-41,45H,3-9,23-26H2,1-2H3. The first kappa shape index (κ1) is 41.1. The van der Waals surface area contributed by atoms with Crippen LogP contribution in [0.1, 0.15) is 123 Å². The first-order valence-corrected chi connectivity index (χ1v) is 25.4. The second-order valence-electron chi connectivity index (χ2n) is 18.2. The molecule has 5 heteroatoms. The van der Waals surface area contributed by atoms with Crippen LogP contribution in [0, 0.1) is 18.3 Å². The topological polar surface area (TPSA) is 30.3 Å². The van der Waals surface area contributed by atoms with Crippen molar-refractivity contribution < 1.29 is 0 Å². The van der Waals surface area contributed by atoms with E-state index in [1.807, 2.05) is 23.5 Å². The Morgan fingerprint density at radius 1 is 0.531 bits per heavy atom. The first-order valence-electron chi connectivity index (χ1n) is 23.7. The summed E-state index contributed by atoms with van der Waals surface area (Å²) in [6.45, 7) is 4.73. The highest BCUT2D eigenvalue weighted by Gasteiger charge is 2.42. The fraction of sp³-hybridized carbons (Fsp3) is 0.271. The summed E-state index contributed by atoms with van der Waals surface area (Å²) in [5, 5.41) is 11.3. The minimum Gasteiger partial charge on any atom is -0.332 e. The Hall–Kier alpha value is -5.67. The van der Waals surface area contributed by atoms with Gasteiger partial charge in [-0.25, -0.2) is 0 Å². The minimum atomic E-state index is -0.0465. The quantitative estimate of drug-likeness (QED) is 0.152. The Kier molecular flexibility index (Phi) is 11.4. The van der Waals surface area contributed by atoms with E-state index < -0.39 is 0 Å². The first-order chi connectivity index (χ1) is 31.6. The van der Waals surface area contributed by atoms with E-state index in [1.165, 1.54) is 125 Å². The molecule has 2 saturated carbocycles. The second kappa shape index (κ2) is 17.7. The predicted octanol–water partition coefficient (Wildman–Crippen LogP) is 18.0. The zero-order valence-electron chi connectivity index (χ0n) is 37.0. The van der Waals surface area contributed by atoms with Crippen LogP contribution in [0.2, 0.25) is 0 Å². The number of fused-ring (bicyclic) bond motifs is 4. The summed E-state index contributed by atoms with van der Waals surface area (Å²) in [4.78, 5) is 10.6. The van der Waals surface area contributed by atoms with Gasteiger partial charge in [0.25, 0.3) is 0 Å². The van der Waals surface area contributed by atoms with E-state index in [0.717, 1.165) is 43.2 Å². The van der Waals surface area contributed by atoms with E-state index in [4.69, 9.17) is 0 Å². The number of hydrogen-bond donors (Lipinski definition) is 0. The van der Waals surface area contributed by atoms with Gasteiger partial charge in [-0.15, -0.1) is 0 Å². The van der Waals surface area contributed by atoms with Gasteiger partial charge in [0.15, 0.2) is 0 Å². The van der Waals surface area contributed by atoms with E-state index in [0.29, 0.717) is 11.8 Å². The summed E-state index contributed by atoms with van der Waals surface area (Å²) in [7, 11) is 0. The molecule has 2 aliphatic heterocycles. The summed E-state index contributed by atoms with van der Waals surface area (Å²) >= 11 is 3.78. The Morgan fingerprint density at radius 3 is 1.45 bits per heavy atom. The molecule has 11 rings (SSSR count). The van der Waals surface area contributed by atoms with Crippen molar-refractivity contribution >= 4 is 52.0 Å². The number of nitrogens with zero attached hydrogens (tertiary/aromatic N) is 3. The molecule has 2 fully saturated rings. The lowest BCUT2D eigenvalue weighted by atomic mass is 9.68. The third kappa shape index (κ3) is 7.06. The molecule has 0 bridgehead atoms. The second-order valence-corrected chi connectivity index (χ2v) is 20.4. The molecule has 64 heavy (non-hydrogen) atoms. The number of benzene rings is 7. The van der Waals surface area contributed by atoms with Crippen LogP contribution >= 0.6 is 23.5 Å². The molecule has 0 spiro atoms. The molecule has 0 saturated heterocycles. The Bertz CT molecular complexity index is 2820. The number of nitriles is 1. The largest absolute Gasteiger partial charge is 0.332 e. The van der Waals surface area contributed by atoms with Crippen LogP contribution in [-0.4, -0.2) is 0 Å². The maximum absolute atomic E-state index is 11.3. The van der Waals surface area contributed by atoms with Crippen molar-refractivity contribution in [2.75, 3.05) is 9.80 Å². The number of hydrogen-bond acceptors (Lipinski definition) is 5. The van der Waals surface area contributed by atoms with Crippen molar-refractivity contribution in [1.82, 2.24) is 0 Å². The van der Waals surface area contributed by atoms with Gasteiger partial charge in [-0.05, 0) is 144 Å². The normalized spacial score (nSPS) is 16.6. The van der Waals surface area contributed by atoms with Crippen LogP contribution in [0.5, 0.6) is 0 Å². The van der Waals surface area contributed by atoms with E-state index in [-0.39, 0.29) is 6.04 Å². The zero-order chi connectivity index (χ0) is 43.1. The summed E-state index contributed by atoms with van der Waals surface area (Å²) in [6.07, 6.45) is 12.9. The lowest BCUT2D eigenvalue weighted by Crippen LogP contribution is -2.30. The van der Waals surface area contributed by atoms with E-state index >= 15 is 0 Å². The highest BCUT2D eigenvalue weighted by molar-refractivity contribution is 8.00. The van der Waals surface area contributed by atoms with Crippen LogP contribution in [0.15, 0.2) is 165 Å². The lowest BCUT2D eigenvalue weighted by Gasteiger charge is -2.45. The Balaban J connectivity index is 1.39. The van der Waals surface area contributed by atoms with Crippen molar-refractivity contribution in [2.24, 2.45) is 0 Å². The van der Waals surface area contributed by atoms with E-state index in [1.54, 1.807) is 0 Å². The number of anilines is 5. The monoisotopic (exact) mass is 869 g/mol. The van der Waals surface area contributed by atoms with Crippen LogP contribution in [0.4, 0.5) is 28.4 Å². The fourth-order valence-electron chi connectivity index (χ4n) is 11.7. The van der Waals surface area contributed by atoms with Gasteiger partial charge in [0.1, 0.15) is 0 Å². The van der Waals surface area contributed by atoms with Gasteiger partial charge >= 0.3 is 0 Å². The zero-order valence-corrected chi connectivity index (χ0v) is 38.7. The van der Waals surface area contributed by atoms with E-state index in [9.17, 15) is 5.26 Å². The van der Waals surface area contributed by atoms with Crippen LogP contribution < -0.4 is 9.80 Å². The molecule has 0 amide bonds. The molecule has 4 aliphatic rings. The van der Waals surface area contributed by atoms with Crippen molar-refractivity contribution in [1.29, 1.82) is 5.26 Å². The average molecular weight is 870 g/mol. The van der Waals surface area contributed by atoms with E-state index in [2.05, 4.69) is 175 Å². The maximum atomic E-state index is 11.3. The van der Waals surface area contributed by atoms with Gasteiger partial charge in [-0.2, -0.15) is 5.26 Å². The van der Waals surface area contributed by atoms with Crippen molar-refractivity contribution in [2.45, 2.75) is 122 Å². The molecule has 3 nitrogen and oxygen atoms in total. The number of para-hydroxylation sites is 4. The molecule has 2 heterocycles. The average Bonchev–Trinajstić information content (AvgIpc) is 3.36. The van der Waals surface area contributed by atoms with Gasteiger partial charge in [-0.3, -0.25) is 0 Å². The van der Waals surface area contributed by atoms with Gasteiger partial charge in [0.05, 0.1) is 46.1 Å². The number of aryl methyl sites for hydroxylation is 1. The molecule has 1 atom stereocenters. The van der Waals surface area contributed by atoms with Crippen molar-refractivity contribution in [3.8, 4) is 28.3 Å². The van der Waals surface area contributed by atoms with Gasteiger partial charge in [0, 0.05) is 25.1 Å². The van der Waals surface area contributed by atoms with Crippen LogP contribution in [0.25, 0.3) is 22.3 Å². The Morgan fingerprint density at radius 2 is 0.953 bits per heavy atom. The van der Waals surface area contributed by atoms with Crippen LogP contribution in [-0.2, 0) is 0 Å². The molecule has 0 N–H and O–H groups in total. The summed E-state index contributed by atoms with van der Waals surface area (Å²) < 4.78 is 0. The molecule has 1 unspecified atom stereocenters. The summed E-state index contributed by atoms with van der Waals surface area (Å²) in [6, 6.07) is 56.9. The molecule has 0 radical (unpaired) electrons. The smallest absolute Gasteiger partial charge is 0.0998 e. The van der Waals surface area contributed by atoms with Crippen LogP contribution in [0.3, 0.4) is 0 Å². The van der Waals surface area contributed by atoms with Crippen molar-refractivity contribution in [3.05, 3.63) is 173 Å². The summed E-state index contributed by atoms with van der Waals surface area (Å²) in [5.74, 6) is 0.683. The SMILES string of the molecule is CCC(c1c(-c2ccccc2C)c(C2CCCCC2)c(N2c3ccccc3Sc3ccccc32)c(C2CCCCC2)c1-c1ccccc1C#N)N1c2ccccc2Sc2ccccc21. The molecular weight excluding hydrogens is 815 g/mol. The molecule has 2 aliphatic carbocycles. The molecule has 7 aromatic rings. The lowest BCUT2D eigenvalue weighted by molar-refractivity contribution is 0.436. The third-order valence-corrected chi connectivity index (χ3v) is 16.8. The van der Waals surface area contributed by atoms with Gasteiger partial charge < -0.3 is 9.80 Å². The highest BCUT2D eigenvalue weighted by atomic mass is 32.2. The van der Waals surface area contributed by atoms with Gasteiger partial charge in [0.2, 0.25) is 0 Å². The molecule has 318 valence electrons. The predicted molar refractivity (Wildman–Crippen MR) is 269 cm³/mol. The van der Waals surface area contributed by atoms with Crippen molar-refractivity contribution in [3.63, 3.8) is 0 Å². The summed E-state index contributed by atoms with van der Waals surface area (Å²) in [5.41, 5.74) is 17.8. The fourth-order valence-corrected chi connectivity index (χ4v) is 13.8. The van der Waals surface area contributed by atoms with Gasteiger partial charge in [-0.1, -0.05) is 160 Å². The number of rotatable bonds is 8. The Labute approximate surface area is 388 Å². The molecule has 0 aromatic heterocycles. The molecule has 7 aromatic carbocycles. The third-order valence-electron chi connectivity index (χ3n) is 14.5. The molecular formula is C59H55N3S2. The minimum absolute atomic E-state index is 0.0465. The highest BCUT2D eigenvalue weighted by Crippen LogP contribution is 2.63.